The number of rotatable bonds is 4. The minimum Gasteiger partial charge on any atom is -0.319 e. The van der Waals surface area contributed by atoms with Crippen LogP contribution in [0.2, 0.25) is 0 Å². The van der Waals surface area contributed by atoms with Gasteiger partial charge in [-0.1, -0.05) is 29.8 Å². The van der Waals surface area contributed by atoms with Crippen molar-refractivity contribution in [1.82, 2.24) is 5.32 Å². The highest BCUT2D eigenvalue weighted by atomic mass is 16.1. The molecule has 0 fully saturated rings. The van der Waals surface area contributed by atoms with Crippen LogP contribution >= 0.6 is 0 Å². The molecule has 0 radical (unpaired) electrons. The molecule has 2 nitrogen and oxygen atoms in total. The van der Waals surface area contributed by atoms with E-state index in [1.807, 2.05) is 44.2 Å². The van der Waals surface area contributed by atoms with Gasteiger partial charge >= 0.3 is 0 Å². The van der Waals surface area contributed by atoms with Crippen LogP contribution in [0.25, 0.3) is 5.57 Å². The molecule has 0 spiro atoms. The third-order valence-electron chi connectivity index (χ3n) is 2.15. The first-order valence-corrected chi connectivity index (χ1v) is 4.73. The average Bonchev–Trinajstić information content (AvgIpc) is 2.21. The summed E-state index contributed by atoms with van der Waals surface area (Å²) in [5.41, 5.74) is 2.91. The summed E-state index contributed by atoms with van der Waals surface area (Å²) in [4.78, 5) is 10.7. The lowest BCUT2D eigenvalue weighted by Gasteiger charge is -2.03. The Morgan fingerprint density at radius 3 is 2.50 bits per heavy atom. The fourth-order valence-electron chi connectivity index (χ4n) is 1.26. The van der Waals surface area contributed by atoms with E-state index in [9.17, 15) is 4.79 Å². The number of carbonyl (C=O) groups excluding carboxylic acids is 1. The summed E-state index contributed by atoms with van der Waals surface area (Å²) in [5, 5.41) is 3.01. The molecular formula is C12H15NO. The molecule has 0 saturated carbocycles. The fraction of sp³-hybridized carbons (Fsp3) is 0.333. The van der Waals surface area contributed by atoms with Gasteiger partial charge in [0, 0.05) is 5.57 Å². The highest BCUT2D eigenvalue weighted by Gasteiger charge is 2.01. The lowest BCUT2D eigenvalue weighted by Crippen LogP contribution is -2.08. The van der Waals surface area contributed by atoms with E-state index >= 15 is 0 Å². The fourth-order valence-corrected chi connectivity index (χ4v) is 1.26. The SMILES string of the molecule is CNCCC(=C=O)c1ccc(C)cc1. The lowest BCUT2D eigenvalue weighted by atomic mass is 10.0. The first kappa shape index (κ1) is 10.7. The van der Waals surface area contributed by atoms with Crippen molar-refractivity contribution in [2.24, 2.45) is 0 Å². The van der Waals surface area contributed by atoms with Crippen molar-refractivity contribution in [2.45, 2.75) is 13.3 Å². The second-order valence-corrected chi connectivity index (χ2v) is 3.30. The predicted octanol–water partition coefficient (Wildman–Crippen LogP) is 1.82. The number of aryl methyl sites for hydroxylation is 1. The Morgan fingerprint density at radius 1 is 1.36 bits per heavy atom. The van der Waals surface area contributed by atoms with Gasteiger partial charge in [-0.3, -0.25) is 0 Å². The van der Waals surface area contributed by atoms with Gasteiger partial charge in [0.1, 0.15) is 5.94 Å². The smallest absolute Gasteiger partial charge is 0.128 e. The zero-order valence-electron chi connectivity index (χ0n) is 8.63. The van der Waals surface area contributed by atoms with E-state index in [0.29, 0.717) is 0 Å². The molecule has 0 amide bonds. The quantitative estimate of drug-likeness (QED) is 0.732. The monoisotopic (exact) mass is 189 g/mol. The topological polar surface area (TPSA) is 29.1 Å². The average molecular weight is 189 g/mol. The first-order chi connectivity index (χ1) is 6.77. The van der Waals surface area contributed by atoms with Crippen LogP contribution in [0, 0.1) is 6.92 Å². The highest BCUT2D eigenvalue weighted by Crippen LogP contribution is 2.15. The van der Waals surface area contributed by atoms with Crippen LogP contribution < -0.4 is 5.32 Å². The molecule has 1 N–H and O–H groups in total. The molecule has 0 bridgehead atoms. The molecule has 74 valence electrons. The normalized spacial score (nSPS) is 9.57. The van der Waals surface area contributed by atoms with Crippen molar-refractivity contribution >= 4 is 11.5 Å². The van der Waals surface area contributed by atoms with Gasteiger partial charge < -0.3 is 5.32 Å². The Morgan fingerprint density at radius 2 is 2.00 bits per heavy atom. The molecular weight excluding hydrogens is 174 g/mol. The predicted molar refractivity (Wildman–Crippen MR) is 58.8 cm³/mol. The van der Waals surface area contributed by atoms with Crippen molar-refractivity contribution in [1.29, 1.82) is 0 Å². The summed E-state index contributed by atoms with van der Waals surface area (Å²) >= 11 is 0. The van der Waals surface area contributed by atoms with Crippen molar-refractivity contribution in [2.75, 3.05) is 13.6 Å². The third-order valence-corrected chi connectivity index (χ3v) is 2.15. The van der Waals surface area contributed by atoms with Gasteiger partial charge in [-0.15, -0.1) is 0 Å². The summed E-state index contributed by atoms with van der Waals surface area (Å²) in [6, 6.07) is 7.94. The Balaban J connectivity index is 2.80. The Bertz CT molecular complexity index is 334. The van der Waals surface area contributed by atoms with Crippen LogP contribution in [-0.2, 0) is 4.79 Å². The summed E-state index contributed by atoms with van der Waals surface area (Å²) in [5.74, 6) is 2.00. The van der Waals surface area contributed by atoms with Gasteiger partial charge in [-0.05, 0) is 32.5 Å². The van der Waals surface area contributed by atoms with Crippen LogP contribution in [0.5, 0.6) is 0 Å². The van der Waals surface area contributed by atoms with Gasteiger partial charge in [0.2, 0.25) is 0 Å². The zero-order chi connectivity index (χ0) is 10.4. The minimum atomic E-state index is 0.725. The summed E-state index contributed by atoms with van der Waals surface area (Å²) in [6.07, 6.45) is 0.725. The van der Waals surface area contributed by atoms with Crippen LogP contribution in [0.15, 0.2) is 24.3 Å². The third kappa shape index (κ3) is 2.84. The van der Waals surface area contributed by atoms with E-state index in [-0.39, 0.29) is 0 Å². The van der Waals surface area contributed by atoms with Crippen LogP contribution in [0.3, 0.4) is 0 Å². The number of benzene rings is 1. The molecule has 2 heteroatoms. The maximum Gasteiger partial charge on any atom is 0.128 e. The van der Waals surface area contributed by atoms with E-state index in [1.54, 1.807) is 0 Å². The minimum absolute atomic E-state index is 0.725. The standard InChI is InChI=1S/C12H15NO/c1-10-3-5-11(6-4-10)12(9-14)7-8-13-2/h3-6,13H,7-8H2,1-2H3. The summed E-state index contributed by atoms with van der Waals surface area (Å²) in [7, 11) is 1.87. The van der Waals surface area contributed by atoms with E-state index in [2.05, 4.69) is 5.32 Å². The molecule has 0 unspecified atom stereocenters. The number of hydrogen-bond donors (Lipinski definition) is 1. The van der Waals surface area contributed by atoms with Crippen LogP contribution in [0.4, 0.5) is 0 Å². The van der Waals surface area contributed by atoms with Gasteiger partial charge in [0.05, 0.1) is 0 Å². The number of nitrogens with one attached hydrogen (secondary N) is 1. The van der Waals surface area contributed by atoms with Crippen molar-refractivity contribution < 1.29 is 4.79 Å². The number of hydrogen-bond acceptors (Lipinski definition) is 2. The van der Waals surface area contributed by atoms with E-state index < -0.39 is 0 Å². The zero-order valence-corrected chi connectivity index (χ0v) is 8.63. The highest BCUT2D eigenvalue weighted by molar-refractivity contribution is 5.87. The molecule has 0 aromatic heterocycles. The second kappa shape index (κ2) is 5.38. The molecule has 0 aliphatic heterocycles. The first-order valence-electron chi connectivity index (χ1n) is 4.73. The molecule has 1 aromatic carbocycles. The Labute approximate surface area is 84.6 Å². The lowest BCUT2D eigenvalue weighted by molar-refractivity contribution is 0.569. The molecule has 1 aromatic rings. The van der Waals surface area contributed by atoms with Crippen LogP contribution in [0.1, 0.15) is 17.5 Å². The van der Waals surface area contributed by atoms with E-state index in [0.717, 1.165) is 24.1 Å². The molecule has 14 heavy (non-hydrogen) atoms. The van der Waals surface area contributed by atoms with Gasteiger partial charge in [0.15, 0.2) is 0 Å². The maximum atomic E-state index is 10.7. The molecule has 0 atom stereocenters. The van der Waals surface area contributed by atoms with Crippen molar-refractivity contribution in [3.05, 3.63) is 35.4 Å². The van der Waals surface area contributed by atoms with Crippen molar-refractivity contribution in [3.63, 3.8) is 0 Å². The molecule has 0 aliphatic carbocycles. The van der Waals surface area contributed by atoms with Crippen LogP contribution in [-0.4, -0.2) is 19.5 Å². The maximum absolute atomic E-state index is 10.7. The Hall–Kier alpha value is -1.37. The van der Waals surface area contributed by atoms with E-state index in [1.165, 1.54) is 5.56 Å². The molecule has 1 rings (SSSR count). The molecule has 0 aliphatic rings. The largest absolute Gasteiger partial charge is 0.319 e. The molecule has 0 heterocycles. The van der Waals surface area contributed by atoms with E-state index in [4.69, 9.17) is 0 Å². The summed E-state index contributed by atoms with van der Waals surface area (Å²) in [6.45, 7) is 2.83. The Kier molecular flexibility index (Phi) is 4.11. The molecule has 0 saturated heterocycles. The van der Waals surface area contributed by atoms with Crippen molar-refractivity contribution in [3.8, 4) is 0 Å². The van der Waals surface area contributed by atoms with Gasteiger partial charge in [-0.2, -0.15) is 0 Å². The van der Waals surface area contributed by atoms with Gasteiger partial charge in [-0.25, -0.2) is 4.79 Å². The second-order valence-electron chi connectivity index (χ2n) is 3.30. The van der Waals surface area contributed by atoms with Gasteiger partial charge in [0.25, 0.3) is 0 Å². The summed E-state index contributed by atoms with van der Waals surface area (Å²) < 4.78 is 0.